The molecule has 1 N–H and O–H groups in total. The predicted octanol–water partition coefficient (Wildman–Crippen LogP) is -0.0735. The van der Waals surface area contributed by atoms with Gasteiger partial charge in [0.2, 0.25) is 0 Å². The SMILES string of the molecule is CC(C1COC1)N1CCNCC1. The highest BCUT2D eigenvalue weighted by Crippen LogP contribution is 2.19. The second-order valence-corrected chi connectivity index (χ2v) is 3.82. The van der Waals surface area contributed by atoms with Crippen LogP contribution in [0.15, 0.2) is 0 Å². The van der Waals surface area contributed by atoms with Crippen LogP contribution in [0.3, 0.4) is 0 Å². The molecule has 0 saturated carbocycles. The Morgan fingerprint density at radius 3 is 2.50 bits per heavy atom. The fourth-order valence-electron chi connectivity index (χ4n) is 1.92. The van der Waals surface area contributed by atoms with Gasteiger partial charge in [0.15, 0.2) is 0 Å². The molecule has 0 radical (unpaired) electrons. The molecule has 2 fully saturated rings. The van der Waals surface area contributed by atoms with Gasteiger partial charge < -0.3 is 10.1 Å². The van der Waals surface area contributed by atoms with Crippen molar-refractivity contribution in [2.45, 2.75) is 13.0 Å². The molecule has 0 spiro atoms. The number of nitrogens with one attached hydrogen (secondary N) is 1. The Morgan fingerprint density at radius 2 is 2.00 bits per heavy atom. The summed E-state index contributed by atoms with van der Waals surface area (Å²) in [5.41, 5.74) is 0. The van der Waals surface area contributed by atoms with Gasteiger partial charge in [-0.2, -0.15) is 0 Å². The summed E-state index contributed by atoms with van der Waals surface area (Å²) in [5.74, 6) is 0.795. The van der Waals surface area contributed by atoms with Gasteiger partial charge in [0, 0.05) is 38.1 Å². The predicted molar refractivity (Wildman–Crippen MR) is 48.2 cm³/mol. The highest BCUT2D eigenvalue weighted by atomic mass is 16.5. The van der Waals surface area contributed by atoms with E-state index in [0.29, 0.717) is 0 Å². The highest BCUT2D eigenvalue weighted by Gasteiger charge is 2.29. The third-order valence-electron chi connectivity index (χ3n) is 3.07. The summed E-state index contributed by atoms with van der Waals surface area (Å²) in [5, 5.41) is 3.37. The van der Waals surface area contributed by atoms with E-state index in [1.165, 1.54) is 13.1 Å². The van der Waals surface area contributed by atoms with Crippen molar-refractivity contribution >= 4 is 0 Å². The zero-order chi connectivity index (χ0) is 8.39. The number of hydrogen-bond donors (Lipinski definition) is 1. The molecule has 0 aromatic carbocycles. The molecule has 12 heavy (non-hydrogen) atoms. The van der Waals surface area contributed by atoms with Crippen molar-refractivity contribution in [3.8, 4) is 0 Å². The van der Waals surface area contributed by atoms with Crippen molar-refractivity contribution < 1.29 is 4.74 Å². The lowest BCUT2D eigenvalue weighted by molar-refractivity contribution is -0.0717. The summed E-state index contributed by atoms with van der Waals surface area (Å²) in [6.07, 6.45) is 0. The summed E-state index contributed by atoms with van der Waals surface area (Å²) in [7, 11) is 0. The first-order valence-electron chi connectivity index (χ1n) is 4.90. The van der Waals surface area contributed by atoms with Crippen molar-refractivity contribution in [1.82, 2.24) is 10.2 Å². The fraction of sp³-hybridized carbons (Fsp3) is 1.00. The maximum Gasteiger partial charge on any atom is 0.0531 e. The molecule has 2 saturated heterocycles. The van der Waals surface area contributed by atoms with E-state index in [1.807, 2.05) is 0 Å². The molecular weight excluding hydrogens is 152 g/mol. The molecule has 3 nitrogen and oxygen atoms in total. The zero-order valence-corrected chi connectivity index (χ0v) is 7.75. The Bertz CT molecular complexity index is 141. The Labute approximate surface area is 74.1 Å². The van der Waals surface area contributed by atoms with Gasteiger partial charge in [-0.15, -0.1) is 0 Å². The third-order valence-corrected chi connectivity index (χ3v) is 3.07. The monoisotopic (exact) mass is 170 g/mol. The molecule has 1 atom stereocenters. The minimum Gasteiger partial charge on any atom is -0.381 e. The molecule has 0 aliphatic carbocycles. The normalized spacial score (nSPS) is 29.8. The minimum atomic E-state index is 0.723. The molecule has 0 aromatic heterocycles. The maximum atomic E-state index is 5.20. The first-order chi connectivity index (χ1) is 5.88. The van der Waals surface area contributed by atoms with Crippen LogP contribution in [-0.2, 0) is 4.74 Å². The van der Waals surface area contributed by atoms with Crippen molar-refractivity contribution in [3.63, 3.8) is 0 Å². The summed E-state index contributed by atoms with van der Waals surface area (Å²) < 4.78 is 5.20. The van der Waals surface area contributed by atoms with Crippen LogP contribution in [0.2, 0.25) is 0 Å². The number of piperazine rings is 1. The molecule has 3 heteroatoms. The number of rotatable bonds is 2. The van der Waals surface area contributed by atoms with Crippen LogP contribution in [0.25, 0.3) is 0 Å². The second-order valence-electron chi connectivity index (χ2n) is 3.82. The minimum absolute atomic E-state index is 0.723. The summed E-state index contributed by atoms with van der Waals surface area (Å²) in [6, 6.07) is 0.723. The number of nitrogens with zero attached hydrogens (tertiary/aromatic N) is 1. The van der Waals surface area contributed by atoms with E-state index >= 15 is 0 Å². The van der Waals surface area contributed by atoms with Gasteiger partial charge in [-0.3, -0.25) is 4.90 Å². The third kappa shape index (κ3) is 1.63. The van der Waals surface area contributed by atoms with E-state index in [0.717, 1.165) is 38.3 Å². The van der Waals surface area contributed by atoms with E-state index in [1.54, 1.807) is 0 Å². The fourth-order valence-corrected chi connectivity index (χ4v) is 1.92. The van der Waals surface area contributed by atoms with Crippen LogP contribution >= 0.6 is 0 Å². The van der Waals surface area contributed by atoms with Gasteiger partial charge in [-0.25, -0.2) is 0 Å². The topological polar surface area (TPSA) is 24.5 Å². The Morgan fingerprint density at radius 1 is 1.33 bits per heavy atom. The van der Waals surface area contributed by atoms with Crippen LogP contribution in [0, 0.1) is 5.92 Å². The van der Waals surface area contributed by atoms with Gasteiger partial charge in [0.1, 0.15) is 0 Å². The number of ether oxygens (including phenoxy) is 1. The van der Waals surface area contributed by atoms with E-state index < -0.39 is 0 Å². The van der Waals surface area contributed by atoms with E-state index in [4.69, 9.17) is 4.74 Å². The smallest absolute Gasteiger partial charge is 0.0531 e. The lowest BCUT2D eigenvalue weighted by atomic mass is 9.98. The van der Waals surface area contributed by atoms with Crippen LogP contribution in [0.1, 0.15) is 6.92 Å². The molecule has 1 unspecified atom stereocenters. The largest absolute Gasteiger partial charge is 0.381 e. The molecule has 2 aliphatic rings. The standard InChI is InChI=1S/C9H18N2O/c1-8(9-6-12-7-9)11-4-2-10-3-5-11/h8-10H,2-7H2,1H3. The van der Waals surface area contributed by atoms with Crippen LogP contribution in [0.5, 0.6) is 0 Å². The van der Waals surface area contributed by atoms with Gasteiger partial charge in [0.25, 0.3) is 0 Å². The van der Waals surface area contributed by atoms with E-state index in [-0.39, 0.29) is 0 Å². The Hall–Kier alpha value is -0.120. The van der Waals surface area contributed by atoms with Crippen LogP contribution < -0.4 is 5.32 Å². The van der Waals surface area contributed by atoms with Gasteiger partial charge >= 0.3 is 0 Å². The van der Waals surface area contributed by atoms with Gasteiger partial charge in [-0.1, -0.05) is 0 Å². The van der Waals surface area contributed by atoms with Crippen molar-refractivity contribution in [2.75, 3.05) is 39.4 Å². The zero-order valence-electron chi connectivity index (χ0n) is 7.75. The quantitative estimate of drug-likeness (QED) is 0.627. The Kier molecular flexibility index (Phi) is 2.63. The Balaban J connectivity index is 1.80. The molecule has 2 heterocycles. The molecule has 2 aliphatic heterocycles. The highest BCUT2D eigenvalue weighted by molar-refractivity contribution is 4.82. The lowest BCUT2D eigenvalue weighted by Gasteiger charge is -2.40. The first kappa shape index (κ1) is 8.48. The van der Waals surface area contributed by atoms with Crippen LogP contribution in [0.4, 0.5) is 0 Å². The molecule has 0 bridgehead atoms. The molecule has 2 rings (SSSR count). The first-order valence-corrected chi connectivity index (χ1v) is 4.90. The summed E-state index contributed by atoms with van der Waals surface area (Å²) in [6.45, 7) is 9.00. The van der Waals surface area contributed by atoms with E-state index in [9.17, 15) is 0 Å². The average molecular weight is 170 g/mol. The molecular formula is C9H18N2O. The van der Waals surface area contributed by atoms with Crippen molar-refractivity contribution in [3.05, 3.63) is 0 Å². The second kappa shape index (κ2) is 3.73. The van der Waals surface area contributed by atoms with Gasteiger partial charge in [-0.05, 0) is 6.92 Å². The maximum absolute atomic E-state index is 5.20. The van der Waals surface area contributed by atoms with Crippen LogP contribution in [-0.4, -0.2) is 50.3 Å². The van der Waals surface area contributed by atoms with E-state index in [2.05, 4.69) is 17.1 Å². The van der Waals surface area contributed by atoms with Gasteiger partial charge in [0.05, 0.1) is 13.2 Å². The molecule has 0 amide bonds. The average Bonchev–Trinajstić information content (AvgIpc) is 2.03. The summed E-state index contributed by atoms with van der Waals surface area (Å²) in [4.78, 5) is 2.57. The van der Waals surface area contributed by atoms with Crippen molar-refractivity contribution in [2.24, 2.45) is 5.92 Å². The lowest BCUT2D eigenvalue weighted by Crippen LogP contribution is -2.53. The molecule has 0 aromatic rings. The molecule has 70 valence electrons. The number of hydrogen-bond acceptors (Lipinski definition) is 3. The summed E-state index contributed by atoms with van der Waals surface area (Å²) >= 11 is 0. The van der Waals surface area contributed by atoms with Crippen molar-refractivity contribution in [1.29, 1.82) is 0 Å².